The van der Waals surface area contributed by atoms with E-state index in [1.807, 2.05) is 12.1 Å². The van der Waals surface area contributed by atoms with Crippen LogP contribution in [-0.4, -0.2) is 26.8 Å². The summed E-state index contributed by atoms with van der Waals surface area (Å²) in [7, 11) is -3.73. The fraction of sp³-hybridized carbons (Fsp3) is 0.0909. The van der Waals surface area contributed by atoms with Crippen LogP contribution in [0.2, 0.25) is 0 Å². The van der Waals surface area contributed by atoms with Crippen molar-refractivity contribution in [3.63, 3.8) is 0 Å². The van der Waals surface area contributed by atoms with Crippen LogP contribution in [0.25, 0.3) is 0 Å². The van der Waals surface area contributed by atoms with Gasteiger partial charge in [-0.05, 0) is 54.4 Å². The van der Waals surface area contributed by atoms with Crippen molar-refractivity contribution < 1.29 is 18.0 Å². The Bertz CT molecular complexity index is 1270. The first-order chi connectivity index (χ1) is 14.8. The van der Waals surface area contributed by atoms with Crippen molar-refractivity contribution >= 4 is 38.9 Å². The monoisotopic (exact) mass is 436 g/mol. The molecule has 0 fully saturated rings. The summed E-state index contributed by atoms with van der Waals surface area (Å²) in [6.07, 6.45) is 0.523. The predicted octanol–water partition coefficient (Wildman–Crippen LogP) is 2.62. The quantitative estimate of drug-likeness (QED) is 0.488. The number of carbonyl (C=O) groups is 2. The number of rotatable bonds is 5. The third kappa shape index (κ3) is 4.57. The molecular formula is C22H20N4O4S. The fourth-order valence-electron chi connectivity index (χ4n) is 3.29. The summed E-state index contributed by atoms with van der Waals surface area (Å²) in [5.41, 5.74) is 3.72. The van der Waals surface area contributed by atoms with Crippen LogP contribution >= 0.6 is 0 Å². The molecule has 3 aromatic carbocycles. The van der Waals surface area contributed by atoms with Crippen LogP contribution in [0, 0.1) is 0 Å². The van der Waals surface area contributed by atoms with E-state index >= 15 is 0 Å². The normalized spacial score (nSPS) is 12.6. The number of amides is 2. The lowest BCUT2D eigenvalue weighted by molar-refractivity contribution is 0.0952. The van der Waals surface area contributed by atoms with E-state index in [-0.39, 0.29) is 16.7 Å². The second-order valence-corrected chi connectivity index (χ2v) is 8.64. The van der Waals surface area contributed by atoms with Crippen LogP contribution in [0.4, 0.5) is 17.1 Å². The van der Waals surface area contributed by atoms with Crippen molar-refractivity contribution in [3.8, 4) is 0 Å². The SMILES string of the molecule is NS(=O)(=O)c1ccc(CCNC(=O)c2ccc3c(c2)NC(=O)c2ccccc2N3)cc1. The highest BCUT2D eigenvalue weighted by Gasteiger charge is 2.19. The molecule has 4 rings (SSSR count). The molecule has 3 aromatic rings. The average molecular weight is 436 g/mol. The number of para-hydroxylation sites is 1. The lowest BCUT2D eigenvalue weighted by atomic mass is 10.1. The van der Waals surface area contributed by atoms with E-state index in [0.29, 0.717) is 41.2 Å². The minimum Gasteiger partial charge on any atom is -0.353 e. The Morgan fingerprint density at radius 2 is 1.65 bits per heavy atom. The molecule has 0 atom stereocenters. The molecule has 0 unspecified atom stereocenters. The second kappa shape index (κ2) is 8.21. The van der Waals surface area contributed by atoms with Crippen LogP contribution in [0.3, 0.4) is 0 Å². The van der Waals surface area contributed by atoms with Crippen molar-refractivity contribution in [2.45, 2.75) is 11.3 Å². The maximum Gasteiger partial charge on any atom is 0.257 e. The molecule has 8 nitrogen and oxygen atoms in total. The standard InChI is InChI=1S/C22H20N4O4S/c23-31(29,30)16-8-5-14(6-9-16)11-12-24-21(27)15-7-10-19-20(13-15)26-22(28)17-3-1-2-4-18(17)25-19/h1-10,13,25H,11-12H2,(H,24,27)(H,26,28)(H2,23,29,30). The molecule has 158 valence electrons. The van der Waals surface area contributed by atoms with Crippen LogP contribution in [0.5, 0.6) is 0 Å². The summed E-state index contributed by atoms with van der Waals surface area (Å²) < 4.78 is 22.6. The van der Waals surface area contributed by atoms with Gasteiger partial charge in [0.25, 0.3) is 11.8 Å². The molecule has 0 aliphatic carbocycles. The Morgan fingerprint density at radius 1 is 0.903 bits per heavy atom. The molecule has 0 saturated carbocycles. The Balaban J connectivity index is 1.41. The third-order valence-electron chi connectivity index (χ3n) is 4.92. The fourth-order valence-corrected chi connectivity index (χ4v) is 3.81. The summed E-state index contributed by atoms with van der Waals surface area (Å²) >= 11 is 0. The zero-order valence-corrected chi connectivity index (χ0v) is 17.2. The van der Waals surface area contributed by atoms with Gasteiger partial charge in [-0.25, -0.2) is 13.6 Å². The summed E-state index contributed by atoms with van der Waals surface area (Å²) in [6.45, 7) is 0.362. The molecule has 0 spiro atoms. The topological polar surface area (TPSA) is 130 Å². The first-order valence-corrected chi connectivity index (χ1v) is 11.1. The van der Waals surface area contributed by atoms with Gasteiger partial charge in [-0.1, -0.05) is 24.3 Å². The molecule has 0 bridgehead atoms. The number of hydrogen-bond acceptors (Lipinski definition) is 5. The highest BCUT2D eigenvalue weighted by molar-refractivity contribution is 7.89. The molecule has 5 N–H and O–H groups in total. The first kappa shape index (κ1) is 20.6. The van der Waals surface area contributed by atoms with E-state index in [9.17, 15) is 18.0 Å². The van der Waals surface area contributed by atoms with Crippen molar-refractivity contribution in [2.24, 2.45) is 5.14 Å². The zero-order chi connectivity index (χ0) is 22.0. The minimum atomic E-state index is -3.73. The van der Waals surface area contributed by atoms with E-state index in [2.05, 4.69) is 16.0 Å². The highest BCUT2D eigenvalue weighted by atomic mass is 32.2. The zero-order valence-electron chi connectivity index (χ0n) is 16.4. The average Bonchev–Trinajstić information content (AvgIpc) is 2.88. The Labute approximate surface area is 179 Å². The van der Waals surface area contributed by atoms with Crippen LogP contribution < -0.4 is 21.1 Å². The molecule has 31 heavy (non-hydrogen) atoms. The van der Waals surface area contributed by atoms with Crippen molar-refractivity contribution in [1.29, 1.82) is 0 Å². The molecule has 0 radical (unpaired) electrons. The lowest BCUT2D eigenvalue weighted by Gasteiger charge is -2.11. The van der Waals surface area contributed by atoms with Crippen molar-refractivity contribution in [2.75, 3.05) is 17.2 Å². The number of fused-ring (bicyclic) bond motifs is 2. The van der Waals surface area contributed by atoms with Gasteiger partial charge in [-0.15, -0.1) is 0 Å². The summed E-state index contributed by atoms with van der Waals surface area (Å²) in [6, 6.07) is 18.4. The molecule has 1 heterocycles. The van der Waals surface area contributed by atoms with E-state index < -0.39 is 10.0 Å². The summed E-state index contributed by atoms with van der Waals surface area (Å²) in [5.74, 6) is -0.526. The number of primary sulfonamides is 1. The van der Waals surface area contributed by atoms with Crippen molar-refractivity contribution in [3.05, 3.63) is 83.4 Å². The van der Waals surface area contributed by atoms with Gasteiger partial charge >= 0.3 is 0 Å². The highest BCUT2D eigenvalue weighted by Crippen LogP contribution is 2.32. The van der Waals surface area contributed by atoms with Gasteiger partial charge in [0.2, 0.25) is 10.0 Å². The van der Waals surface area contributed by atoms with Gasteiger partial charge in [0.1, 0.15) is 0 Å². The lowest BCUT2D eigenvalue weighted by Crippen LogP contribution is -2.25. The third-order valence-corrected chi connectivity index (χ3v) is 5.85. The maximum atomic E-state index is 12.6. The Morgan fingerprint density at radius 3 is 2.39 bits per heavy atom. The van der Waals surface area contributed by atoms with Gasteiger partial charge in [-0.3, -0.25) is 9.59 Å². The van der Waals surface area contributed by atoms with Gasteiger partial charge < -0.3 is 16.0 Å². The summed E-state index contributed by atoms with van der Waals surface area (Å²) in [5, 5.41) is 14.0. The molecular weight excluding hydrogens is 416 g/mol. The number of hydrogen-bond donors (Lipinski definition) is 4. The van der Waals surface area contributed by atoms with Crippen LogP contribution in [0.15, 0.2) is 71.6 Å². The molecule has 0 aromatic heterocycles. The van der Waals surface area contributed by atoms with E-state index in [1.54, 1.807) is 42.5 Å². The van der Waals surface area contributed by atoms with Gasteiger partial charge in [-0.2, -0.15) is 0 Å². The molecule has 1 aliphatic heterocycles. The summed E-state index contributed by atoms with van der Waals surface area (Å²) in [4.78, 5) is 25.1. The predicted molar refractivity (Wildman–Crippen MR) is 118 cm³/mol. The Kier molecular flexibility index (Phi) is 5.45. The van der Waals surface area contributed by atoms with Gasteiger partial charge in [0.15, 0.2) is 0 Å². The number of sulfonamides is 1. The smallest absolute Gasteiger partial charge is 0.257 e. The van der Waals surface area contributed by atoms with E-state index in [4.69, 9.17) is 5.14 Å². The second-order valence-electron chi connectivity index (χ2n) is 7.08. The molecule has 2 amide bonds. The first-order valence-electron chi connectivity index (χ1n) is 9.53. The Hall–Kier alpha value is -3.69. The molecule has 9 heteroatoms. The number of nitrogens with one attached hydrogen (secondary N) is 3. The van der Waals surface area contributed by atoms with Gasteiger partial charge in [0, 0.05) is 12.1 Å². The number of anilines is 3. The van der Waals surface area contributed by atoms with Crippen LogP contribution in [0.1, 0.15) is 26.3 Å². The number of carbonyl (C=O) groups excluding carboxylic acids is 2. The largest absolute Gasteiger partial charge is 0.353 e. The van der Waals surface area contributed by atoms with Crippen LogP contribution in [-0.2, 0) is 16.4 Å². The van der Waals surface area contributed by atoms with E-state index in [0.717, 1.165) is 5.56 Å². The molecule has 1 aliphatic rings. The van der Waals surface area contributed by atoms with Gasteiger partial charge in [0.05, 0.1) is 27.5 Å². The maximum absolute atomic E-state index is 12.6. The molecule has 0 saturated heterocycles. The van der Waals surface area contributed by atoms with E-state index in [1.165, 1.54) is 12.1 Å². The minimum absolute atomic E-state index is 0.0445. The van der Waals surface area contributed by atoms with Crippen molar-refractivity contribution in [1.82, 2.24) is 5.32 Å². The number of nitrogens with two attached hydrogens (primary N) is 1. The number of benzene rings is 3.